The molecule has 6 heteroatoms. The van der Waals surface area contributed by atoms with Crippen LogP contribution in [0.1, 0.15) is 16.1 Å². The quantitative estimate of drug-likeness (QED) is 0.854. The van der Waals surface area contributed by atoms with Crippen LogP contribution in [0.4, 0.5) is 0 Å². The minimum atomic E-state index is -0.193. The van der Waals surface area contributed by atoms with Gasteiger partial charge < -0.3 is 10.3 Å². The predicted octanol–water partition coefficient (Wildman–Crippen LogP) is 3.01. The standard InChI is InChI=1S/C15H16ClN3OS/c1-19-8-6-10(7-9-19)17-18-15(20)14-13(16)11-4-2-3-5-12(11)21-14/h2-6,17H,7-9H2,1H3,(H,18,20). The second-order valence-corrected chi connectivity index (χ2v) is 6.49. The first kappa shape index (κ1) is 14.4. The van der Waals surface area contributed by atoms with Crippen molar-refractivity contribution in [2.75, 3.05) is 20.1 Å². The van der Waals surface area contributed by atoms with Crippen LogP contribution in [-0.2, 0) is 0 Å². The fraction of sp³-hybridized carbons (Fsp3) is 0.267. The Bertz CT molecular complexity index is 710. The number of hydrogen-bond acceptors (Lipinski definition) is 4. The molecule has 0 spiro atoms. The van der Waals surface area contributed by atoms with E-state index in [9.17, 15) is 4.79 Å². The van der Waals surface area contributed by atoms with Crippen LogP contribution in [0, 0.1) is 0 Å². The molecule has 2 heterocycles. The van der Waals surface area contributed by atoms with Crippen LogP contribution in [0.15, 0.2) is 36.0 Å². The molecule has 1 aromatic carbocycles. The topological polar surface area (TPSA) is 44.4 Å². The van der Waals surface area contributed by atoms with Gasteiger partial charge in [0.2, 0.25) is 0 Å². The van der Waals surface area contributed by atoms with E-state index >= 15 is 0 Å². The molecular weight excluding hydrogens is 306 g/mol. The van der Waals surface area contributed by atoms with E-state index in [0.717, 1.165) is 35.3 Å². The van der Waals surface area contributed by atoms with E-state index in [1.54, 1.807) is 0 Å². The maximum Gasteiger partial charge on any atom is 0.281 e. The van der Waals surface area contributed by atoms with Crippen molar-refractivity contribution in [1.29, 1.82) is 0 Å². The van der Waals surface area contributed by atoms with Crippen molar-refractivity contribution in [2.45, 2.75) is 6.42 Å². The summed E-state index contributed by atoms with van der Waals surface area (Å²) in [6, 6.07) is 7.76. The summed E-state index contributed by atoms with van der Waals surface area (Å²) in [4.78, 5) is 15.0. The highest BCUT2D eigenvalue weighted by molar-refractivity contribution is 7.21. The minimum absolute atomic E-state index is 0.193. The summed E-state index contributed by atoms with van der Waals surface area (Å²) in [6.07, 6.45) is 2.98. The molecule has 2 N–H and O–H groups in total. The number of hydrazine groups is 1. The molecule has 110 valence electrons. The third-order valence-corrected chi connectivity index (χ3v) is 5.16. The molecule has 0 bridgehead atoms. The normalized spacial score (nSPS) is 15.8. The van der Waals surface area contributed by atoms with Crippen molar-refractivity contribution in [1.82, 2.24) is 15.8 Å². The number of carbonyl (C=O) groups is 1. The summed E-state index contributed by atoms with van der Waals surface area (Å²) in [7, 11) is 2.07. The second kappa shape index (κ2) is 6.05. The van der Waals surface area contributed by atoms with Gasteiger partial charge in [-0.2, -0.15) is 0 Å². The average Bonchev–Trinajstić information content (AvgIpc) is 2.84. The second-order valence-electron chi connectivity index (χ2n) is 5.06. The first-order chi connectivity index (χ1) is 10.1. The van der Waals surface area contributed by atoms with Crippen molar-refractivity contribution >= 4 is 38.9 Å². The number of carbonyl (C=O) groups excluding carboxylic acids is 1. The summed E-state index contributed by atoms with van der Waals surface area (Å²) in [6.45, 7) is 1.88. The third-order valence-electron chi connectivity index (χ3n) is 3.49. The van der Waals surface area contributed by atoms with Gasteiger partial charge >= 0.3 is 0 Å². The average molecular weight is 322 g/mol. The van der Waals surface area contributed by atoms with Crippen molar-refractivity contribution in [2.24, 2.45) is 0 Å². The lowest BCUT2D eigenvalue weighted by molar-refractivity contribution is 0.0942. The molecule has 21 heavy (non-hydrogen) atoms. The number of halogens is 1. The molecule has 2 aromatic rings. The lowest BCUT2D eigenvalue weighted by Gasteiger charge is -2.22. The molecule has 0 saturated carbocycles. The Morgan fingerprint density at radius 3 is 2.90 bits per heavy atom. The zero-order chi connectivity index (χ0) is 14.8. The van der Waals surface area contributed by atoms with Crippen LogP contribution in [-0.4, -0.2) is 30.9 Å². The molecule has 1 amide bonds. The number of thiophene rings is 1. The van der Waals surface area contributed by atoms with Crippen LogP contribution >= 0.6 is 22.9 Å². The first-order valence-corrected chi connectivity index (χ1v) is 7.95. The Kier molecular flexibility index (Phi) is 4.14. The summed E-state index contributed by atoms with van der Waals surface area (Å²) >= 11 is 7.70. The van der Waals surface area contributed by atoms with E-state index in [1.165, 1.54) is 11.3 Å². The molecular formula is C15H16ClN3OS. The highest BCUT2D eigenvalue weighted by Gasteiger charge is 2.17. The Morgan fingerprint density at radius 2 is 2.19 bits per heavy atom. The summed E-state index contributed by atoms with van der Waals surface area (Å²) in [5.74, 6) is -0.193. The van der Waals surface area contributed by atoms with Crippen LogP contribution in [0.2, 0.25) is 5.02 Å². The molecule has 0 fully saturated rings. The Hall–Kier alpha value is -1.56. The van der Waals surface area contributed by atoms with Gasteiger partial charge in [-0.1, -0.05) is 29.8 Å². The number of nitrogens with zero attached hydrogens (tertiary/aromatic N) is 1. The predicted molar refractivity (Wildman–Crippen MR) is 87.6 cm³/mol. The molecule has 0 aliphatic carbocycles. The van der Waals surface area contributed by atoms with E-state index in [-0.39, 0.29) is 5.91 Å². The van der Waals surface area contributed by atoms with Crippen LogP contribution in [0.5, 0.6) is 0 Å². The van der Waals surface area contributed by atoms with Crippen molar-refractivity contribution in [3.8, 4) is 0 Å². The van der Waals surface area contributed by atoms with E-state index in [2.05, 4.69) is 28.9 Å². The summed E-state index contributed by atoms with van der Waals surface area (Å²) in [5.41, 5.74) is 6.77. The number of amides is 1. The number of hydrogen-bond donors (Lipinski definition) is 2. The molecule has 0 saturated heterocycles. The van der Waals surface area contributed by atoms with Crippen molar-refractivity contribution < 1.29 is 4.79 Å². The SMILES string of the molecule is CN1CC=C(NNC(=O)c2sc3ccccc3c2Cl)CC1. The van der Waals surface area contributed by atoms with Gasteiger partial charge in [0.15, 0.2) is 0 Å². The molecule has 4 nitrogen and oxygen atoms in total. The first-order valence-electron chi connectivity index (χ1n) is 6.76. The lowest BCUT2D eigenvalue weighted by Crippen LogP contribution is -2.39. The van der Waals surface area contributed by atoms with Gasteiger partial charge in [-0.05, 0) is 19.2 Å². The lowest BCUT2D eigenvalue weighted by atomic mass is 10.2. The van der Waals surface area contributed by atoms with Gasteiger partial charge in [-0.15, -0.1) is 11.3 Å². The number of fused-ring (bicyclic) bond motifs is 1. The van der Waals surface area contributed by atoms with Gasteiger partial charge in [-0.25, -0.2) is 0 Å². The molecule has 0 unspecified atom stereocenters. The maximum absolute atomic E-state index is 12.3. The Labute approximate surface area is 132 Å². The smallest absolute Gasteiger partial charge is 0.281 e. The highest BCUT2D eigenvalue weighted by atomic mass is 35.5. The van der Waals surface area contributed by atoms with Gasteiger partial charge in [0.1, 0.15) is 4.88 Å². The highest BCUT2D eigenvalue weighted by Crippen LogP contribution is 2.34. The zero-order valence-corrected chi connectivity index (χ0v) is 13.2. The van der Waals surface area contributed by atoms with Gasteiger partial charge in [0.25, 0.3) is 5.91 Å². The van der Waals surface area contributed by atoms with Crippen LogP contribution < -0.4 is 10.9 Å². The van der Waals surface area contributed by atoms with Gasteiger partial charge in [0.05, 0.1) is 5.02 Å². The van der Waals surface area contributed by atoms with Crippen LogP contribution in [0.3, 0.4) is 0 Å². The van der Waals surface area contributed by atoms with Crippen molar-refractivity contribution in [3.05, 3.63) is 45.9 Å². The van der Waals surface area contributed by atoms with Gasteiger partial charge in [0, 0.05) is 35.3 Å². The summed E-state index contributed by atoms with van der Waals surface area (Å²) < 4.78 is 1.02. The number of benzene rings is 1. The fourth-order valence-corrected chi connectivity index (χ4v) is 3.65. The van der Waals surface area contributed by atoms with Crippen molar-refractivity contribution in [3.63, 3.8) is 0 Å². The monoisotopic (exact) mass is 321 g/mol. The van der Waals surface area contributed by atoms with Gasteiger partial charge in [-0.3, -0.25) is 10.2 Å². The molecule has 0 atom stereocenters. The molecule has 1 aromatic heterocycles. The van der Waals surface area contributed by atoms with E-state index < -0.39 is 0 Å². The number of nitrogens with one attached hydrogen (secondary N) is 2. The maximum atomic E-state index is 12.3. The van der Waals surface area contributed by atoms with E-state index in [4.69, 9.17) is 11.6 Å². The van der Waals surface area contributed by atoms with Crippen LogP contribution in [0.25, 0.3) is 10.1 Å². The van der Waals surface area contributed by atoms with E-state index in [1.807, 2.05) is 24.3 Å². The van der Waals surface area contributed by atoms with E-state index in [0.29, 0.717) is 9.90 Å². The Balaban J connectivity index is 1.71. The fourth-order valence-electron chi connectivity index (χ4n) is 2.24. The zero-order valence-electron chi connectivity index (χ0n) is 11.6. The minimum Gasteiger partial charge on any atom is -0.303 e. The molecule has 1 aliphatic rings. The summed E-state index contributed by atoms with van der Waals surface area (Å²) in [5, 5.41) is 1.44. The molecule has 1 aliphatic heterocycles. The Morgan fingerprint density at radius 1 is 1.38 bits per heavy atom. The largest absolute Gasteiger partial charge is 0.303 e. The third kappa shape index (κ3) is 3.05. The molecule has 0 radical (unpaired) electrons. The molecule has 3 rings (SSSR count). The number of likely N-dealkylation sites (N-methyl/N-ethyl adjacent to an activating group) is 1. The number of rotatable bonds is 3.